The van der Waals surface area contributed by atoms with E-state index in [-0.39, 0.29) is 11.3 Å². The molecule has 2 aromatic carbocycles. The zero-order chi connectivity index (χ0) is 20.8. The van der Waals surface area contributed by atoms with Crippen molar-refractivity contribution in [2.75, 3.05) is 6.61 Å². The molecule has 0 aliphatic carbocycles. The Bertz CT molecular complexity index is 878. The minimum absolute atomic E-state index is 0.0801. The van der Waals surface area contributed by atoms with Crippen molar-refractivity contribution in [3.8, 4) is 11.5 Å². The summed E-state index contributed by atoms with van der Waals surface area (Å²) in [6.07, 6.45) is 0. The van der Waals surface area contributed by atoms with E-state index in [1.807, 2.05) is 5.32 Å². The maximum atomic E-state index is 13.5. The van der Waals surface area contributed by atoms with Crippen molar-refractivity contribution in [3.05, 3.63) is 59.2 Å². The second-order valence-corrected chi connectivity index (χ2v) is 5.14. The summed E-state index contributed by atoms with van der Waals surface area (Å²) in [5, 5.41) is 11.2. The van der Waals surface area contributed by atoms with Gasteiger partial charge < -0.3 is 14.6 Å². The van der Waals surface area contributed by atoms with Crippen molar-refractivity contribution in [2.45, 2.75) is 6.61 Å². The fraction of sp³-hybridized carbons (Fsp3) is 0.118. The Morgan fingerprint density at radius 1 is 1.07 bits per heavy atom. The summed E-state index contributed by atoms with van der Waals surface area (Å²) in [5.74, 6) is -7.22. The van der Waals surface area contributed by atoms with Crippen LogP contribution in [0.3, 0.4) is 0 Å². The van der Waals surface area contributed by atoms with E-state index in [0.29, 0.717) is 12.1 Å². The van der Waals surface area contributed by atoms with E-state index in [0.717, 1.165) is 24.3 Å². The van der Waals surface area contributed by atoms with E-state index < -0.39 is 53.9 Å². The first-order valence-corrected chi connectivity index (χ1v) is 7.41. The van der Waals surface area contributed by atoms with Crippen LogP contribution in [-0.4, -0.2) is 36.1 Å². The molecule has 0 heterocycles. The van der Waals surface area contributed by atoms with Crippen molar-refractivity contribution >= 4 is 17.8 Å². The fourth-order valence-electron chi connectivity index (χ4n) is 1.99. The Labute approximate surface area is 154 Å². The maximum Gasteiger partial charge on any atom is 0.387 e. The van der Waals surface area contributed by atoms with Gasteiger partial charge in [0.2, 0.25) is 0 Å². The number of rotatable bonds is 6. The molecule has 0 aromatic heterocycles. The summed E-state index contributed by atoms with van der Waals surface area (Å²) in [5.41, 5.74) is -1.06. The molecule has 0 atom stereocenters. The topological polar surface area (TPSA) is 102 Å². The average molecular weight is 401 g/mol. The van der Waals surface area contributed by atoms with Gasteiger partial charge in [-0.1, -0.05) is 0 Å². The van der Waals surface area contributed by atoms with E-state index in [1.54, 1.807) is 0 Å². The minimum atomic E-state index is -3.04. The van der Waals surface area contributed by atoms with Gasteiger partial charge in [-0.3, -0.25) is 14.9 Å². The molecule has 28 heavy (non-hydrogen) atoms. The van der Waals surface area contributed by atoms with Crippen LogP contribution in [0, 0.1) is 11.6 Å². The number of halogens is 4. The van der Waals surface area contributed by atoms with Crippen molar-refractivity contribution in [3.63, 3.8) is 0 Å². The Balaban J connectivity index is 1.91. The number of benzene rings is 2. The molecule has 2 N–H and O–H groups in total. The van der Waals surface area contributed by atoms with E-state index in [9.17, 15) is 37.1 Å². The first kappa shape index (κ1) is 20.7. The summed E-state index contributed by atoms with van der Waals surface area (Å²) >= 11 is 0. The van der Waals surface area contributed by atoms with E-state index in [2.05, 4.69) is 9.47 Å². The molecule has 0 saturated carbocycles. The quantitative estimate of drug-likeness (QED) is 0.569. The number of amides is 2. The van der Waals surface area contributed by atoms with Gasteiger partial charge in [0.15, 0.2) is 6.61 Å². The van der Waals surface area contributed by atoms with Gasteiger partial charge in [-0.2, -0.15) is 8.78 Å². The lowest BCUT2D eigenvalue weighted by atomic mass is 10.2. The second-order valence-electron chi connectivity index (χ2n) is 5.14. The number of hydrogen-bond acceptors (Lipinski definition) is 6. The highest BCUT2D eigenvalue weighted by atomic mass is 19.3. The van der Waals surface area contributed by atoms with Crippen LogP contribution in [0.2, 0.25) is 0 Å². The van der Waals surface area contributed by atoms with Crippen LogP contribution in [0.1, 0.15) is 20.7 Å². The third-order valence-electron chi connectivity index (χ3n) is 3.17. The number of phenols is 1. The van der Waals surface area contributed by atoms with Crippen molar-refractivity contribution < 1.29 is 46.5 Å². The predicted molar refractivity (Wildman–Crippen MR) is 83.9 cm³/mol. The number of carbonyl (C=O) groups excluding carboxylic acids is 3. The second kappa shape index (κ2) is 8.84. The lowest BCUT2D eigenvalue weighted by Gasteiger charge is -2.08. The molecule has 0 radical (unpaired) electrons. The van der Waals surface area contributed by atoms with Crippen molar-refractivity contribution in [2.24, 2.45) is 0 Å². The first-order valence-electron chi connectivity index (χ1n) is 7.41. The summed E-state index contributed by atoms with van der Waals surface area (Å²) in [7, 11) is 0. The number of aromatic hydroxyl groups is 1. The number of nitrogens with one attached hydrogen (secondary N) is 1. The Morgan fingerprint density at radius 2 is 1.71 bits per heavy atom. The lowest BCUT2D eigenvalue weighted by Crippen LogP contribution is -2.34. The summed E-state index contributed by atoms with van der Waals surface area (Å²) in [4.78, 5) is 35.2. The van der Waals surface area contributed by atoms with Crippen LogP contribution in [0.15, 0.2) is 36.4 Å². The largest absolute Gasteiger partial charge is 0.507 e. The molecule has 0 aliphatic rings. The molecule has 0 unspecified atom stereocenters. The van der Waals surface area contributed by atoms with Gasteiger partial charge in [-0.05, 0) is 24.3 Å². The normalized spacial score (nSPS) is 10.5. The highest BCUT2D eigenvalue weighted by molar-refractivity contribution is 6.05. The van der Waals surface area contributed by atoms with Crippen molar-refractivity contribution in [1.29, 1.82) is 0 Å². The third-order valence-corrected chi connectivity index (χ3v) is 3.17. The van der Waals surface area contributed by atoms with Crippen molar-refractivity contribution in [1.82, 2.24) is 5.32 Å². The highest BCUT2D eigenvalue weighted by Crippen LogP contribution is 2.22. The van der Waals surface area contributed by atoms with Crippen LogP contribution in [-0.2, 0) is 9.53 Å². The molecule has 0 saturated heterocycles. The first-order chi connectivity index (χ1) is 13.2. The predicted octanol–water partition coefficient (Wildman–Crippen LogP) is 2.39. The maximum absolute atomic E-state index is 13.5. The lowest BCUT2D eigenvalue weighted by molar-refractivity contribution is -0.123. The van der Waals surface area contributed by atoms with Crippen LogP contribution in [0.5, 0.6) is 11.5 Å². The average Bonchev–Trinajstić information content (AvgIpc) is 2.59. The monoisotopic (exact) mass is 401 g/mol. The highest BCUT2D eigenvalue weighted by Gasteiger charge is 2.21. The van der Waals surface area contributed by atoms with Crippen LogP contribution in [0.4, 0.5) is 17.6 Å². The number of imide groups is 1. The molecule has 2 rings (SSSR count). The Kier molecular flexibility index (Phi) is 6.53. The van der Waals surface area contributed by atoms with Gasteiger partial charge in [-0.15, -0.1) is 0 Å². The minimum Gasteiger partial charge on any atom is -0.507 e. The van der Waals surface area contributed by atoms with Gasteiger partial charge in [-0.25, -0.2) is 13.6 Å². The molecular weight excluding hydrogens is 390 g/mol. The molecule has 0 fully saturated rings. The van der Waals surface area contributed by atoms with Crippen LogP contribution in [0.25, 0.3) is 0 Å². The number of carbonyl (C=O) groups is 3. The summed E-state index contributed by atoms with van der Waals surface area (Å²) in [6.45, 7) is -4.05. The fourth-order valence-corrected chi connectivity index (χ4v) is 1.99. The zero-order valence-corrected chi connectivity index (χ0v) is 13.7. The van der Waals surface area contributed by atoms with Gasteiger partial charge in [0.05, 0.1) is 0 Å². The Morgan fingerprint density at radius 3 is 2.29 bits per heavy atom. The zero-order valence-electron chi connectivity index (χ0n) is 13.7. The molecular formula is C17H11F4NO6. The van der Waals surface area contributed by atoms with Crippen LogP contribution < -0.4 is 10.1 Å². The molecule has 0 bridgehead atoms. The SMILES string of the molecule is O=C(COC(=O)c1c(O)cc(F)cc1F)NC(=O)c1ccc(OC(F)F)cc1. The molecule has 2 aromatic rings. The van der Waals surface area contributed by atoms with Gasteiger partial charge in [0, 0.05) is 17.7 Å². The smallest absolute Gasteiger partial charge is 0.387 e. The number of hydrogen-bond donors (Lipinski definition) is 2. The molecule has 2 amide bonds. The van der Waals surface area contributed by atoms with E-state index in [1.165, 1.54) is 0 Å². The number of phenolic OH excluding ortho intramolecular Hbond substituents is 1. The van der Waals surface area contributed by atoms with Gasteiger partial charge in [0.25, 0.3) is 11.8 Å². The number of alkyl halides is 2. The van der Waals surface area contributed by atoms with Crippen LogP contribution >= 0.6 is 0 Å². The third kappa shape index (κ3) is 5.43. The molecule has 7 nitrogen and oxygen atoms in total. The van der Waals surface area contributed by atoms with E-state index in [4.69, 9.17) is 0 Å². The van der Waals surface area contributed by atoms with E-state index >= 15 is 0 Å². The molecule has 0 aliphatic heterocycles. The molecule has 11 heteroatoms. The number of esters is 1. The summed E-state index contributed by atoms with van der Waals surface area (Å²) < 4.78 is 59.1. The standard InChI is InChI=1S/C17H11F4NO6/c18-9-5-11(19)14(12(23)6-9)16(26)27-7-13(24)22-15(25)8-1-3-10(4-2-8)28-17(20)21/h1-6,17,23H,7H2,(H,22,24,25). The molecule has 0 spiro atoms. The Hall–Kier alpha value is -3.63. The molecule has 148 valence electrons. The summed E-state index contributed by atoms with van der Waals surface area (Å²) in [6, 6.07) is 5.18. The van der Waals surface area contributed by atoms with Gasteiger partial charge in [0.1, 0.15) is 28.7 Å². The number of ether oxygens (including phenoxy) is 2. The van der Waals surface area contributed by atoms with Gasteiger partial charge >= 0.3 is 12.6 Å².